The summed E-state index contributed by atoms with van der Waals surface area (Å²) in [6.07, 6.45) is 2.38. The van der Waals surface area contributed by atoms with Gasteiger partial charge in [-0.15, -0.1) is 0 Å². The van der Waals surface area contributed by atoms with Gasteiger partial charge in [-0.1, -0.05) is 0 Å². The number of hydrogen-bond donors (Lipinski definition) is 3. The van der Waals surface area contributed by atoms with Gasteiger partial charge in [-0.05, 0) is 44.6 Å². The van der Waals surface area contributed by atoms with Crippen molar-refractivity contribution in [3.05, 3.63) is 23.4 Å². The smallest absolute Gasteiger partial charge is 0.251 e. The largest absolute Gasteiger partial charge is 0.351 e. The van der Waals surface area contributed by atoms with Crippen LogP contribution in [0.5, 0.6) is 0 Å². The Morgan fingerprint density at radius 2 is 2.37 bits per heavy atom. The van der Waals surface area contributed by atoms with Crippen molar-refractivity contribution in [2.24, 2.45) is 5.84 Å². The Morgan fingerprint density at radius 1 is 1.58 bits per heavy atom. The molecule has 5 nitrogen and oxygen atoms in total. The number of rotatable bonds is 4. The van der Waals surface area contributed by atoms with Gasteiger partial charge in [-0.3, -0.25) is 4.79 Å². The van der Waals surface area contributed by atoms with Gasteiger partial charge >= 0.3 is 0 Å². The van der Waals surface area contributed by atoms with Crippen LogP contribution < -0.4 is 16.6 Å². The number of nitrogen functional groups attached to an aromatic ring is 1. The number of nitrogens with zero attached hydrogens (tertiary/aromatic N) is 1. The van der Waals surface area contributed by atoms with Gasteiger partial charge in [0.25, 0.3) is 5.91 Å². The molecule has 0 aliphatic carbocycles. The van der Waals surface area contributed by atoms with Crippen molar-refractivity contribution in [2.75, 3.05) is 17.7 Å². The number of hydrogen-bond acceptors (Lipinski definition) is 5. The summed E-state index contributed by atoms with van der Waals surface area (Å²) >= 11 is 1.93. The number of aromatic nitrogens is 1. The van der Waals surface area contributed by atoms with E-state index in [0.29, 0.717) is 17.9 Å². The predicted molar refractivity (Wildman–Crippen MR) is 79.2 cm³/mol. The highest BCUT2D eigenvalue weighted by Crippen LogP contribution is 2.36. The maximum absolute atomic E-state index is 12.1. The van der Waals surface area contributed by atoms with Gasteiger partial charge in [-0.25, -0.2) is 10.8 Å². The lowest BCUT2D eigenvalue weighted by molar-refractivity contribution is 0.0950. The van der Waals surface area contributed by atoms with Crippen LogP contribution in [-0.4, -0.2) is 27.9 Å². The Labute approximate surface area is 117 Å². The zero-order chi connectivity index (χ0) is 13.9. The summed E-state index contributed by atoms with van der Waals surface area (Å²) in [6, 6.07) is 3.42. The molecule has 6 heteroatoms. The quantitative estimate of drug-likeness (QED) is 0.578. The topological polar surface area (TPSA) is 80.0 Å². The number of hydrazine groups is 1. The van der Waals surface area contributed by atoms with Crippen molar-refractivity contribution >= 4 is 23.5 Å². The minimum Gasteiger partial charge on any atom is -0.351 e. The summed E-state index contributed by atoms with van der Waals surface area (Å²) < 4.78 is 0.173. The SMILES string of the molecule is Cc1cc(C(=O)NCC2(C)CCCS2)cc(NN)n1. The maximum atomic E-state index is 12.1. The zero-order valence-corrected chi connectivity index (χ0v) is 12.1. The van der Waals surface area contributed by atoms with E-state index < -0.39 is 0 Å². The van der Waals surface area contributed by atoms with E-state index in [4.69, 9.17) is 5.84 Å². The summed E-state index contributed by atoms with van der Waals surface area (Å²) in [5.41, 5.74) is 3.83. The number of carbonyl (C=O) groups is 1. The van der Waals surface area contributed by atoms with Crippen molar-refractivity contribution in [3.63, 3.8) is 0 Å². The molecule has 1 amide bonds. The molecule has 19 heavy (non-hydrogen) atoms. The minimum atomic E-state index is -0.0734. The number of anilines is 1. The molecule has 2 heterocycles. The second-order valence-corrected chi connectivity index (χ2v) is 6.79. The third-order valence-electron chi connectivity index (χ3n) is 3.29. The molecule has 1 aliphatic rings. The molecule has 1 aliphatic heterocycles. The zero-order valence-electron chi connectivity index (χ0n) is 11.3. The lowest BCUT2D eigenvalue weighted by atomic mass is 10.1. The first kappa shape index (κ1) is 14.1. The van der Waals surface area contributed by atoms with Gasteiger partial charge in [0.1, 0.15) is 5.82 Å². The van der Waals surface area contributed by atoms with E-state index in [2.05, 4.69) is 22.7 Å². The van der Waals surface area contributed by atoms with Crippen LogP contribution in [0.1, 0.15) is 35.8 Å². The molecule has 2 rings (SSSR count). The molecular weight excluding hydrogens is 260 g/mol. The van der Waals surface area contributed by atoms with Gasteiger partial charge in [-0.2, -0.15) is 11.8 Å². The molecule has 0 saturated carbocycles. The fourth-order valence-corrected chi connectivity index (χ4v) is 3.46. The van der Waals surface area contributed by atoms with Crippen molar-refractivity contribution in [3.8, 4) is 0 Å². The second-order valence-electron chi connectivity index (χ2n) is 5.11. The molecule has 0 aromatic carbocycles. The first-order valence-corrected chi connectivity index (χ1v) is 7.38. The molecule has 1 unspecified atom stereocenters. The standard InChI is InChI=1S/C13H20N4OS/c1-9-6-10(7-11(16-9)17-14)12(18)15-8-13(2)4-3-5-19-13/h6-7H,3-5,8,14H2,1-2H3,(H,15,18)(H,16,17). The van der Waals surface area contributed by atoms with E-state index in [1.807, 2.05) is 18.7 Å². The number of aryl methyl sites for hydroxylation is 1. The fourth-order valence-electron chi connectivity index (χ4n) is 2.22. The monoisotopic (exact) mass is 280 g/mol. The predicted octanol–water partition coefficient (Wildman–Crippen LogP) is 1.69. The summed E-state index contributed by atoms with van der Waals surface area (Å²) in [5.74, 6) is 6.95. The van der Waals surface area contributed by atoms with Crippen LogP contribution in [0.25, 0.3) is 0 Å². The van der Waals surface area contributed by atoms with Crippen molar-refractivity contribution in [2.45, 2.75) is 31.4 Å². The van der Waals surface area contributed by atoms with Crippen LogP contribution in [0, 0.1) is 6.92 Å². The Bertz CT molecular complexity index is 472. The molecule has 0 radical (unpaired) electrons. The highest BCUT2D eigenvalue weighted by molar-refractivity contribution is 8.00. The fraction of sp³-hybridized carbons (Fsp3) is 0.538. The van der Waals surface area contributed by atoms with Gasteiger partial charge in [0.2, 0.25) is 0 Å². The van der Waals surface area contributed by atoms with Crippen LogP contribution >= 0.6 is 11.8 Å². The Morgan fingerprint density at radius 3 is 3.00 bits per heavy atom. The molecular formula is C13H20N4OS. The average molecular weight is 280 g/mol. The Balaban J connectivity index is 2.01. The first-order valence-electron chi connectivity index (χ1n) is 6.40. The lowest BCUT2D eigenvalue weighted by Crippen LogP contribution is -2.36. The number of carbonyl (C=O) groups excluding carboxylic acids is 1. The van der Waals surface area contributed by atoms with Crippen LogP contribution in [-0.2, 0) is 0 Å². The molecule has 0 bridgehead atoms. The molecule has 1 aromatic rings. The number of nitrogens with two attached hydrogens (primary N) is 1. The third-order valence-corrected chi connectivity index (χ3v) is 4.83. The Hall–Kier alpha value is -1.27. The van der Waals surface area contributed by atoms with Gasteiger partial charge in [0.05, 0.1) is 0 Å². The number of thioether (sulfide) groups is 1. The van der Waals surface area contributed by atoms with E-state index in [1.165, 1.54) is 12.2 Å². The van der Waals surface area contributed by atoms with Crippen molar-refractivity contribution in [1.29, 1.82) is 0 Å². The lowest BCUT2D eigenvalue weighted by Gasteiger charge is -2.22. The highest BCUT2D eigenvalue weighted by Gasteiger charge is 2.29. The van der Waals surface area contributed by atoms with E-state index in [1.54, 1.807) is 12.1 Å². The van der Waals surface area contributed by atoms with Crippen molar-refractivity contribution in [1.82, 2.24) is 10.3 Å². The first-order chi connectivity index (χ1) is 9.02. The van der Waals surface area contributed by atoms with E-state index in [-0.39, 0.29) is 10.7 Å². The average Bonchev–Trinajstić information content (AvgIpc) is 2.82. The molecule has 1 atom stereocenters. The van der Waals surface area contributed by atoms with Crippen molar-refractivity contribution < 1.29 is 4.79 Å². The maximum Gasteiger partial charge on any atom is 0.251 e. The molecule has 0 spiro atoms. The van der Waals surface area contributed by atoms with Crippen LogP contribution in [0.15, 0.2) is 12.1 Å². The van der Waals surface area contributed by atoms with Crippen LogP contribution in [0.2, 0.25) is 0 Å². The Kier molecular flexibility index (Phi) is 4.31. The highest BCUT2D eigenvalue weighted by atomic mass is 32.2. The number of nitrogens with one attached hydrogen (secondary N) is 2. The van der Waals surface area contributed by atoms with Gasteiger partial charge in [0.15, 0.2) is 0 Å². The molecule has 4 N–H and O–H groups in total. The minimum absolute atomic E-state index is 0.0734. The second kappa shape index (κ2) is 5.79. The van der Waals surface area contributed by atoms with Crippen LogP contribution in [0.3, 0.4) is 0 Å². The summed E-state index contributed by atoms with van der Waals surface area (Å²) in [6.45, 7) is 4.74. The number of amides is 1. The molecule has 1 aromatic heterocycles. The molecule has 104 valence electrons. The normalized spacial score (nSPS) is 22.3. The molecule has 1 fully saturated rings. The molecule has 1 saturated heterocycles. The van der Waals surface area contributed by atoms with Crippen LogP contribution in [0.4, 0.5) is 5.82 Å². The summed E-state index contributed by atoms with van der Waals surface area (Å²) in [7, 11) is 0. The summed E-state index contributed by atoms with van der Waals surface area (Å²) in [4.78, 5) is 16.3. The van der Waals surface area contributed by atoms with Gasteiger partial charge in [0, 0.05) is 22.5 Å². The third kappa shape index (κ3) is 3.61. The van der Waals surface area contributed by atoms with E-state index in [0.717, 1.165) is 12.1 Å². The van der Waals surface area contributed by atoms with E-state index in [9.17, 15) is 4.79 Å². The van der Waals surface area contributed by atoms with Gasteiger partial charge < -0.3 is 10.7 Å². The number of pyridine rings is 1. The van der Waals surface area contributed by atoms with E-state index >= 15 is 0 Å². The summed E-state index contributed by atoms with van der Waals surface area (Å²) in [5, 5.41) is 3.00.